The Labute approximate surface area is 91.1 Å². The van der Waals surface area contributed by atoms with Crippen LogP contribution in [0.2, 0.25) is 0 Å². The maximum absolute atomic E-state index is 11.5. The molecule has 0 aliphatic heterocycles. The molecule has 0 aromatic heterocycles. The van der Waals surface area contributed by atoms with Gasteiger partial charge in [0.1, 0.15) is 0 Å². The van der Waals surface area contributed by atoms with E-state index in [1.807, 2.05) is 6.92 Å². The highest BCUT2D eigenvalue weighted by Crippen LogP contribution is 2.51. The minimum atomic E-state index is -0.225. The molecule has 1 unspecified atom stereocenters. The summed E-state index contributed by atoms with van der Waals surface area (Å²) in [5.74, 6) is 0.0499. The minimum absolute atomic E-state index is 0.0639. The zero-order chi connectivity index (χ0) is 11.6. The number of carbonyl (C=O) groups excluding carboxylic acids is 1. The van der Waals surface area contributed by atoms with Crippen molar-refractivity contribution in [1.29, 1.82) is 0 Å². The maximum atomic E-state index is 11.5. The van der Waals surface area contributed by atoms with E-state index in [0.717, 1.165) is 12.0 Å². The highest BCUT2D eigenvalue weighted by atomic mass is 16.5. The van der Waals surface area contributed by atoms with Gasteiger partial charge in [-0.3, -0.25) is 0 Å². The first-order chi connectivity index (χ1) is 6.95. The molecule has 0 aromatic carbocycles. The summed E-state index contributed by atoms with van der Waals surface area (Å²) in [7, 11) is 0. The fourth-order valence-electron chi connectivity index (χ4n) is 2.17. The second-order valence-corrected chi connectivity index (χ2v) is 4.63. The topological polar surface area (TPSA) is 46.5 Å². The van der Waals surface area contributed by atoms with Gasteiger partial charge in [-0.2, -0.15) is 0 Å². The van der Waals surface area contributed by atoms with Gasteiger partial charge in [0.2, 0.25) is 0 Å². The quantitative estimate of drug-likeness (QED) is 0.574. The molecule has 1 fully saturated rings. The molecule has 15 heavy (non-hydrogen) atoms. The summed E-state index contributed by atoms with van der Waals surface area (Å²) in [6.45, 7) is 8.34. The molecule has 0 radical (unpaired) electrons. The Morgan fingerprint density at radius 1 is 1.60 bits per heavy atom. The largest absolute Gasteiger partial charge is 0.463 e. The molecule has 0 saturated heterocycles. The van der Waals surface area contributed by atoms with Crippen molar-refractivity contribution in [2.45, 2.75) is 34.1 Å². The van der Waals surface area contributed by atoms with Crippen molar-refractivity contribution in [3.8, 4) is 0 Å². The summed E-state index contributed by atoms with van der Waals surface area (Å²) in [4.78, 5) is 11.5. The van der Waals surface area contributed by atoms with Crippen LogP contribution >= 0.6 is 0 Å². The van der Waals surface area contributed by atoms with Crippen molar-refractivity contribution in [3.63, 3.8) is 0 Å². The lowest BCUT2D eigenvalue weighted by atomic mass is 9.58. The van der Waals surface area contributed by atoms with Crippen molar-refractivity contribution in [1.82, 2.24) is 0 Å². The fourth-order valence-corrected chi connectivity index (χ4v) is 2.17. The minimum Gasteiger partial charge on any atom is -0.463 e. The van der Waals surface area contributed by atoms with Crippen LogP contribution in [0.4, 0.5) is 0 Å². The van der Waals surface area contributed by atoms with E-state index in [1.54, 1.807) is 6.92 Å². The molecule has 0 aromatic rings. The number of aliphatic hydroxyl groups is 1. The molecule has 1 aliphatic carbocycles. The summed E-state index contributed by atoms with van der Waals surface area (Å²) in [6.07, 6.45) is 0.814. The van der Waals surface area contributed by atoms with Crippen LogP contribution in [0.5, 0.6) is 0 Å². The van der Waals surface area contributed by atoms with Gasteiger partial charge in [0.15, 0.2) is 0 Å². The Morgan fingerprint density at radius 2 is 2.20 bits per heavy atom. The van der Waals surface area contributed by atoms with Gasteiger partial charge in [-0.1, -0.05) is 19.4 Å². The van der Waals surface area contributed by atoms with Gasteiger partial charge in [-0.15, -0.1) is 0 Å². The first-order valence-corrected chi connectivity index (χ1v) is 5.43. The van der Waals surface area contributed by atoms with Crippen molar-refractivity contribution in [3.05, 3.63) is 11.1 Å². The third kappa shape index (κ3) is 2.07. The lowest BCUT2D eigenvalue weighted by molar-refractivity contribution is -0.138. The average molecular weight is 212 g/mol. The van der Waals surface area contributed by atoms with Gasteiger partial charge in [0.25, 0.3) is 0 Å². The van der Waals surface area contributed by atoms with Crippen LogP contribution in [-0.2, 0) is 9.53 Å². The predicted octanol–water partition coefficient (Wildman–Crippen LogP) is 1.90. The number of rotatable bonds is 3. The zero-order valence-corrected chi connectivity index (χ0v) is 9.96. The van der Waals surface area contributed by atoms with Gasteiger partial charge in [0, 0.05) is 12.2 Å². The summed E-state index contributed by atoms with van der Waals surface area (Å²) in [5, 5.41) is 9.12. The Kier molecular flexibility index (Phi) is 3.55. The van der Waals surface area contributed by atoms with Crippen LogP contribution in [0, 0.1) is 11.3 Å². The molecule has 0 spiro atoms. The van der Waals surface area contributed by atoms with Crippen molar-refractivity contribution in [2.75, 3.05) is 13.2 Å². The Hall–Kier alpha value is -0.830. The van der Waals surface area contributed by atoms with Crippen LogP contribution < -0.4 is 0 Å². The van der Waals surface area contributed by atoms with Crippen molar-refractivity contribution >= 4 is 5.97 Å². The molecule has 86 valence electrons. The number of hydrogen-bond acceptors (Lipinski definition) is 3. The summed E-state index contributed by atoms with van der Waals surface area (Å²) in [6, 6.07) is 0. The molecular weight excluding hydrogens is 192 g/mol. The SMILES string of the molecule is CCOC(=O)C(C)=C1CC(CO)C1(C)C. The highest BCUT2D eigenvalue weighted by Gasteiger charge is 2.44. The van der Waals surface area contributed by atoms with E-state index in [1.165, 1.54) is 0 Å². The Bertz CT molecular complexity index is 289. The second-order valence-electron chi connectivity index (χ2n) is 4.63. The number of hydrogen-bond donors (Lipinski definition) is 1. The normalized spacial score (nSPS) is 26.9. The number of allylic oxidation sites excluding steroid dienone is 1. The molecular formula is C12H20O3. The number of aliphatic hydroxyl groups excluding tert-OH is 1. The van der Waals surface area contributed by atoms with E-state index in [9.17, 15) is 4.79 Å². The summed E-state index contributed by atoms with van der Waals surface area (Å²) >= 11 is 0. The Morgan fingerprint density at radius 3 is 2.60 bits per heavy atom. The molecule has 1 aliphatic rings. The third-order valence-electron chi connectivity index (χ3n) is 3.50. The highest BCUT2D eigenvalue weighted by molar-refractivity contribution is 5.89. The third-order valence-corrected chi connectivity index (χ3v) is 3.50. The van der Waals surface area contributed by atoms with Crippen LogP contribution in [0.1, 0.15) is 34.1 Å². The van der Waals surface area contributed by atoms with Crippen LogP contribution in [-0.4, -0.2) is 24.3 Å². The van der Waals surface area contributed by atoms with Crippen molar-refractivity contribution < 1.29 is 14.6 Å². The molecule has 3 nitrogen and oxygen atoms in total. The lowest BCUT2D eigenvalue weighted by Gasteiger charge is -2.47. The molecule has 0 heterocycles. The average Bonchev–Trinajstić information content (AvgIpc) is 2.17. The van der Waals surface area contributed by atoms with Crippen LogP contribution in [0.3, 0.4) is 0 Å². The maximum Gasteiger partial charge on any atom is 0.333 e. The molecule has 0 bridgehead atoms. The fraction of sp³-hybridized carbons (Fsp3) is 0.750. The van der Waals surface area contributed by atoms with E-state index >= 15 is 0 Å². The molecule has 1 saturated carbocycles. The van der Waals surface area contributed by atoms with E-state index in [2.05, 4.69) is 13.8 Å². The van der Waals surface area contributed by atoms with Gasteiger partial charge in [0.05, 0.1) is 6.61 Å². The van der Waals surface area contributed by atoms with E-state index in [4.69, 9.17) is 9.84 Å². The number of carbonyl (C=O) groups is 1. The van der Waals surface area contributed by atoms with E-state index < -0.39 is 0 Å². The number of ether oxygens (including phenoxy) is 1. The van der Waals surface area contributed by atoms with E-state index in [0.29, 0.717) is 12.2 Å². The second kappa shape index (κ2) is 4.35. The monoisotopic (exact) mass is 212 g/mol. The lowest BCUT2D eigenvalue weighted by Crippen LogP contribution is -2.41. The van der Waals surface area contributed by atoms with Gasteiger partial charge >= 0.3 is 5.97 Å². The van der Waals surface area contributed by atoms with Gasteiger partial charge in [-0.05, 0) is 31.6 Å². The molecule has 1 rings (SSSR count). The van der Waals surface area contributed by atoms with Gasteiger partial charge < -0.3 is 9.84 Å². The Balaban J connectivity index is 2.81. The van der Waals surface area contributed by atoms with Gasteiger partial charge in [-0.25, -0.2) is 4.79 Å². The zero-order valence-electron chi connectivity index (χ0n) is 9.96. The predicted molar refractivity (Wildman–Crippen MR) is 58.3 cm³/mol. The first kappa shape index (κ1) is 12.2. The molecule has 0 amide bonds. The summed E-state index contributed by atoms with van der Waals surface area (Å²) in [5.41, 5.74) is 1.78. The standard InChI is InChI=1S/C12H20O3/c1-5-15-11(14)8(2)10-6-9(7-13)12(10,3)4/h9,13H,5-7H2,1-4H3. The van der Waals surface area contributed by atoms with E-state index in [-0.39, 0.29) is 23.9 Å². The van der Waals surface area contributed by atoms with Crippen molar-refractivity contribution in [2.24, 2.45) is 11.3 Å². The molecule has 3 heteroatoms. The summed E-state index contributed by atoms with van der Waals surface area (Å²) < 4.78 is 4.96. The smallest absolute Gasteiger partial charge is 0.333 e. The van der Waals surface area contributed by atoms with Crippen LogP contribution in [0.15, 0.2) is 11.1 Å². The molecule has 1 N–H and O–H groups in total. The molecule has 1 atom stereocenters. The van der Waals surface area contributed by atoms with Crippen LogP contribution in [0.25, 0.3) is 0 Å². The first-order valence-electron chi connectivity index (χ1n) is 5.43. The number of esters is 1.